The first-order chi connectivity index (χ1) is 5.90. The van der Waals surface area contributed by atoms with E-state index in [1.54, 1.807) is 7.11 Å². The topological polar surface area (TPSA) is 31.4 Å². The van der Waals surface area contributed by atoms with Gasteiger partial charge in [0, 0.05) is 6.07 Å². The zero-order chi connectivity index (χ0) is 8.39. The molecule has 1 aromatic rings. The molecule has 1 aliphatic heterocycles. The summed E-state index contributed by atoms with van der Waals surface area (Å²) in [6.45, 7) is 0.807. The molecule has 12 heavy (non-hydrogen) atoms. The van der Waals surface area contributed by atoms with Crippen molar-refractivity contribution in [1.29, 1.82) is 0 Å². The maximum absolute atomic E-state index is 5.40. The number of aromatic nitrogens is 1. The summed E-state index contributed by atoms with van der Waals surface area (Å²) in [5, 5.41) is 0. The first-order valence-corrected chi connectivity index (χ1v) is 4.07. The predicted molar refractivity (Wildman–Crippen MR) is 44.6 cm³/mol. The smallest absolute Gasteiger partial charge is 0.213 e. The molecule has 3 heteroatoms. The van der Waals surface area contributed by atoms with Crippen LogP contribution in [0.3, 0.4) is 0 Å². The summed E-state index contributed by atoms with van der Waals surface area (Å²) in [4.78, 5) is 4.28. The van der Waals surface area contributed by atoms with Gasteiger partial charge in [-0.3, -0.25) is 0 Å². The van der Waals surface area contributed by atoms with Crippen molar-refractivity contribution in [1.82, 2.24) is 4.98 Å². The summed E-state index contributed by atoms with van der Waals surface area (Å²) < 4.78 is 10.4. The van der Waals surface area contributed by atoms with Gasteiger partial charge < -0.3 is 9.47 Å². The maximum atomic E-state index is 5.40. The van der Waals surface area contributed by atoms with Gasteiger partial charge in [-0.15, -0.1) is 0 Å². The molecule has 2 heterocycles. The van der Waals surface area contributed by atoms with Crippen molar-refractivity contribution < 1.29 is 9.47 Å². The summed E-state index contributed by atoms with van der Waals surface area (Å²) in [7, 11) is 1.62. The molecular weight excluding hydrogens is 154 g/mol. The molecule has 3 nitrogen and oxygen atoms in total. The molecule has 0 bridgehead atoms. The van der Waals surface area contributed by atoms with Crippen LogP contribution in [-0.2, 0) is 6.42 Å². The molecule has 1 aromatic heterocycles. The molecule has 0 atom stereocenters. The summed E-state index contributed by atoms with van der Waals surface area (Å²) >= 11 is 0. The molecular formula is C9H11NO2. The lowest BCUT2D eigenvalue weighted by molar-refractivity contribution is 0.282. The fourth-order valence-corrected chi connectivity index (χ4v) is 1.31. The Labute approximate surface area is 71.3 Å². The van der Waals surface area contributed by atoms with Gasteiger partial charge in [0.15, 0.2) is 0 Å². The van der Waals surface area contributed by atoms with Crippen LogP contribution in [0.5, 0.6) is 11.6 Å². The molecule has 0 saturated carbocycles. The molecule has 0 fully saturated rings. The third-order valence-electron chi connectivity index (χ3n) is 1.93. The van der Waals surface area contributed by atoms with Gasteiger partial charge in [-0.2, -0.15) is 0 Å². The van der Waals surface area contributed by atoms with Crippen LogP contribution in [-0.4, -0.2) is 18.7 Å². The first-order valence-electron chi connectivity index (χ1n) is 4.07. The highest BCUT2D eigenvalue weighted by atomic mass is 16.5. The van der Waals surface area contributed by atoms with Crippen molar-refractivity contribution in [3.05, 3.63) is 17.8 Å². The summed E-state index contributed by atoms with van der Waals surface area (Å²) in [6.07, 6.45) is 2.04. The summed E-state index contributed by atoms with van der Waals surface area (Å²) in [5.41, 5.74) is 1.01. The standard InChI is InChI=1S/C9H11NO2/c1-11-9-5-4-8-7(10-9)3-2-6-12-8/h4-5H,2-3,6H2,1H3. The average molecular weight is 165 g/mol. The minimum atomic E-state index is 0.666. The highest BCUT2D eigenvalue weighted by molar-refractivity contribution is 5.32. The minimum Gasteiger partial charge on any atom is -0.492 e. The Bertz CT molecular complexity index is 286. The molecule has 1 aliphatic rings. The zero-order valence-corrected chi connectivity index (χ0v) is 7.04. The number of nitrogens with zero attached hydrogens (tertiary/aromatic N) is 1. The van der Waals surface area contributed by atoms with Crippen LogP contribution in [0.25, 0.3) is 0 Å². The van der Waals surface area contributed by atoms with E-state index in [1.807, 2.05) is 12.1 Å². The van der Waals surface area contributed by atoms with Crippen molar-refractivity contribution in [2.45, 2.75) is 12.8 Å². The number of fused-ring (bicyclic) bond motifs is 1. The minimum absolute atomic E-state index is 0.666. The van der Waals surface area contributed by atoms with E-state index in [-0.39, 0.29) is 0 Å². The monoisotopic (exact) mass is 165 g/mol. The largest absolute Gasteiger partial charge is 0.492 e. The second-order valence-corrected chi connectivity index (χ2v) is 2.75. The number of pyridine rings is 1. The van der Waals surface area contributed by atoms with Crippen LogP contribution in [0, 0.1) is 0 Å². The molecule has 0 amide bonds. The Morgan fingerprint density at radius 1 is 1.50 bits per heavy atom. The van der Waals surface area contributed by atoms with Crippen molar-refractivity contribution in [2.24, 2.45) is 0 Å². The number of aryl methyl sites for hydroxylation is 1. The summed E-state index contributed by atoms with van der Waals surface area (Å²) in [6, 6.07) is 3.74. The van der Waals surface area contributed by atoms with E-state index in [9.17, 15) is 0 Å². The van der Waals surface area contributed by atoms with E-state index in [2.05, 4.69) is 4.98 Å². The molecule has 64 valence electrons. The number of hydrogen-bond donors (Lipinski definition) is 0. The van der Waals surface area contributed by atoms with E-state index < -0.39 is 0 Å². The van der Waals surface area contributed by atoms with Crippen molar-refractivity contribution in [3.63, 3.8) is 0 Å². The second kappa shape index (κ2) is 3.01. The van der Waals surface area contributed by atoms with Crippen LogP contribution in [0.15, 0.2) is 12.1 Å². The second-order valence-electron chi connectivity index (χ2n) is 2.75. The average Bonchev–Trinajstić information content (AvgIpc) is 2.17. The number of hydrogen-bond acceptors (Lipinski definition) is 3. The Morgan fingerprint density at radius 2 is 2.42 bits per heavy atom. The van der Waals surface area contributed by atoms with Crippen LogP contribution in [0.2, 0.25) is 0 Å². The first kappa shape index (κ1) is 7.40. The molecule has 2 rings (SSSR count). The fourth-order valence-electron chi connectivity index (χ4n) is 1.31. The molecule has 0 aliphatic carbocycles. The zero-order valence-electron chi connectivity index (χ0n) is 7.04. The van der Waals surface area contributed by atoms with Crippen molar-refractivity contribution in [3.8, 4) is 11.6 Å². The lowest BCUT2D eigenvalue weighted by Gasteiger charge is -2.16. The van der Waals surface area contributed by atoms with E-state index in [4.69, 9.17) is 9.47 Å². The lowest BCUT2D eigenvalue weighted by atomic mass is 10.2. The molecule has 0 spiro atoms. The van der Waals surface area contributed by atoms with Gasteiger partial charge in [0.1, 0.15) is 5.75 Å². The number of rotatable bonds is 1. The quantitative estimate of drug-likeness (QED) is 0.630. The van der Waals surface area contributed by atoms with Crippen LogP contribution >= 0.6 is 0 Å². The number of methoxy groups -OCH3 is 1. The molecule has 0 saturated heterocycles. The van der Waals surface area contributed by atoms with E-state index in [1.165, 1.54) is 0 Å². The van der Waals surface area contributed by atoms with Gasteiger partial charge in [0.25, 0.3) is 0 Å². The van der Waals surface area contributed by atoms with Crippen LogP contribution in [0.4, 0.5) is 0 Å². The van der Waals surface area contributed by atoms with Crippen LogP contribution < -0.4 is 9.47 Å². The normalized spacial score (nSPS) is 14.8. The third kappa shape index (κ3) is 1.22. The van der Waals surface area contributed by atoms with Gasteiger partial charge in [-0.25, -0.2) is 4.98 Å². The highest BCUT2D eigenvalue weighted by Gasteiger charge is 2.11. The van der Waals surface area contributed by atoms with Crippen molar-refractivity contribution in [2.75, 3.05) is 13.7 Å². The van der Waals surface area contributed by atoms with E-state index in [0.717, 1.165) is 30.9 Å². The predicted octanol–water partition coefficient (Wildman–Crippen LogP) is 1.42. The maximum Gasteiger partial charge on any atom is 0.213 e. The Balaban J connectivity index is 2.36. The molecule has 0 N–H and O–H groups in total. The molecule has 0 unspecified atom stereocenters. The Kier molecular flexibility index (Phi) is 1.86. The van der Waals surface area contributed by atoms with E-state index >= 15 is 0 Å². The third-order valence-corrected chi connectivity index (χ3v) is 1.93. The SMILES string of the molecule is COc1ccc2c(n1)CCCO2. The van der Waals surface area contributed by atoms with Crippen molar-refractivity contribution >= 4 is 0 Å². The van der Waals surface area contributed by atoms with Gasteiger partial charge in [-0.05, 0) is 18.9 Å². The van der Waals surface area contributed by atoms with E-state index in [0.29, 0.717) is 5.88 Å². The lowest BCUT2D eigenvalue weighted by Crippen LogP contribution is -2.10. The van der Waals surface area contributed by atoms with Gasteiger partial charge in [0.2, 0.25) is 5.88 Å². The summed E-state index contributed by atoms with van der Waals surface area (Å²) in [5.74, 6) is 1.57. The number of ether oxygens (including phenoxy) is 2. The fraction of sp³-hybridized carbons (Fsp3) is 0.444. The Hall–Kier alpha value is -1.25. The van der Waals surface area contributed by atoms with Gasteiger partial charge in [0.05, 0.1) is 19.4 Å². The Morgan fingerprint density at radius 3 is 3.25 bits per heavy atom. The van der Waals surface area contributed by atoms with Gasteiger partial charge >= 0.3 is 0 Å². The molecule has 0 radical (unpaired) electrons. The van der Waals surface area contributed by atoms with Gasteiger partial charge in [-0.1, -0.05) is 0 Å². The van der Waals surface area contributed by atoms with Crippen LogP contribution in [0.1, 0.15) is 12.1 Å². The highest BCUT2D eigenvalue weighted by Crippen LogP contribution is 2.24. The molecule has 0 aromatic carbocycles.